The first kappa shape index (κ1) is 24.3. The van der Waals surface area contributed by atoms with E-state index in [0.29, 0.717) is 18.3 Å². The lowest BCUT2D eigenvalue weighted by molar-refractivity contribution is 0.139. The third-order valence-corrected chi connectivity index (χ3v) is 8.64. The third-order valence-electron chi connectivity index (χ3n) is 8.64. The maximum atomic E-state index is 14.1. The monoisotopic (exact) mass is 450 g/mol. The van der Waals surface area contributed by atoms with Crippen LogP contribution in [0.2, 0.25) is 0 Å². The molecular weight excluding hydrogens is 407 g/mol. The van der Waals surface area contributed by atoms with Crippen LogP contribution >= 0.6 is 0 Å². The Hall–Kier alpha value is -1.83. The number of aryl methyl sites for hydroxylation is 1. The highest BCUT2D eigenvalue weighted by molar-refractivity contribution is 5.29. The summed E-state index contributed by atoms with van der Waals surface area (Å²) in [6.45, 7) is 4.81. The largest absolute Gasteiger partial charge is 0.491 e. The van der Waals surface area contributed by atoms with Crippen LogP contribution in [0.1, 0.15) is 95.1 Å². The zero-order valence-corrected chi connectivity index (χ0v) is 20.8. The Kier molecular flexibility index (Phi) is 8.87. The molecule has 2 aliphatic carbocycles. The van der Waals surface area contributed by atoms with Crippen molar-refractivity contribution < 1.29 is 9.13 Å². The van der Waals surface area contributed by atoms with E-state index in [9.17, 15) is 4.39 Å². The average molecular weight is 451 g/mol. The van der Waals surface area contributed by atoms with Gasteiger partial charge in [0.1, 0.15) is 0 Å². The molecule has 0 saturated heterocycles. The van der Waals surface area contributed by atoms with Gasteiger partial charge in [0.25, 0.3) is 0 Å². The maximum absolute atomic E-state index is 14.1. The molecule has 0 aliphatic heterocycles. The van der Waals surface area contributed by atoms with Crippen molar-refractivity contribution in [2.75, 3.05) is 6.61 Å². The molecule has 1 atom stereocenters. The zero-order chi connectivity index (χ0) is 23.0. The molecule has 0 aromatic heterocycles. The molecule has 33 heavy (non-hydrogen) atoms. The van der Waals surface area contributed by atoms with Gasteiger partial charge in [0.15, 0.2) is 11.6 Å². The topological polar surface area (TPSA) is 9.23 Å². The maximum Gasteiger partial charge on any atom is 0.165 e. The van der Waals surface area contributed by atoms with Gasteiger partial charge in [0.05, 0.1) is 6.61 Å². The van der Waals surface area contributed by atoms with Crippen molar-refractivity contribution in [1.82, 2.24) is 0 Å². The fourth-order valence-electron chi connectivity index (χ4n) is 6.60. The van der Waals surface area contributed by atoms with Crippen molar-refractivity contribution in [1.29, 1.82) is 0 Å². The molecule has 0 amide bonds. The number of hydrogen-bond donors (Lipinski definition) is 0. The molecule has 0 radical (unpaired) electrons. The van der Waals surface area contributed by atoms with Crippen molar-refractivity contribution in [3.05, 3.63) is 65.5 Å². The summed E-state index contributed by atoms with van der Waals surface area (Å²) in [6, 6.07) is 16.6. The molecule has 2 saturated carbocycles. The lowest BCUT2D eigenvalue weighted by Gasteiger charge is -2.38. The SMILES string of the molecule is CCOc1ccc(CCC2CCC(C3CCC(C[C@H](C)c4ccccc4)CC3)CC2)cc1F. The second kappa shape index (κ2) is 12.0. The molecule has 0 N–H and O–H groups in total. The lowest BCUT2D eigenvalue weighted by Crippen LogP contribution is -2.26. The van der Waals surface area contributed by atoms with Crippen LogP contribution in [0, 0.1) is 29.5 Å². The molecule has 2 heteroatoms. The van der Waals surface area contributed by atoms with Crippen molar-refractivity contribution in [3.63, 3.8) is 0 Å². The van der Waals surface area contributed by atoms with E-state index >= 15 is 0 Å². The van der Waals surface area contributed by atoms with Crippen molar-refractivity contribution in [2.45, 2.75) is 90.4 Å². The highest BCUT2D eigenvalue weighted by atomic mass is 19.1. The van der Waals surface area contributed by atoms with Crippen molar-refractivity contribution in [2.24, 2.45) is 23.7 Å². The normalized spacial score (nSPS) is 26.6. The van der Waals surface area contributed by atoms with Crippen LogP contribution in [-0.4, -0.2) is 6.61 Å². The summed E-state index contributed by atoms with van der Waals surface area (Å²) in [5.41, 5.74) is 2.62. The smallest absolute Gasteiger partial charge is 0.165 e. The van der Waals surface area contributed by atoms with Crippen LogP contribution in [0.25, 0.3) is 0 Å². The van der Waals surface area contributed by atoms with Gasteiger partial charge in [-0.25, -0.2) is 4.39 Å². The number of halogens is 1. The summed E-state index contributed by atoms with van der Waals surface area (Å²) in [6.07, 6.45) is 14.9. The lowest BCUT2D eigenvalue weighted by atomic mass is 9.67. The Morgan fingerprint density at radius 3 is 2.09 bits per heavy atom. The van der Waals surface area contributed by atoms with Gasteiger partial charge >= 0.3 is 0 Å². The molecule has 2 aliphatic rings. The first-order valence-corrected chi connectivity index (χ1v) is 13.6. The fourth-order valence-corrected chi connectivity index (χ4v) is 6.60. The molecule has 180 valence electrons. The van der Waals surface area contributed by atoms with Crippen LogP contribution in [-0.2, 0) is 6.42 Å². The van der Waals surface area contributed by atoms with Gasteiger partial charge < -0.3 is 4.74 Å². The van der Waals surface area contributed by atoms with Gasteiger partial charge in [-0.2, -0.15) is 0 Å². The Morgan fingerprint density at radius 1 is 0.848 bits per heavy atom. The standard InChI is InChI=1S/C31H43FO/c1-3-33-31-20-15-26(22-30(31)32)10-9-24-11-16-28(17-12-24)29-18-13-25(14-19-29)21-23(2)27-7-5-4-6-8-27/h4-8,15,20,22-25,28-29H,3,9-14,16-19,21H2,1-2H3/t23-,24?,25?,28?,29?/m0/s1. The molecule has 1 nitrogen and oxygen atoms in total. The van der Waals surface area contributed by atoms with Gasteiger partial charge in [-0.1, -0.05) is 69.0 Å². The summed E-state index contributed by atoms with van der Waals surface area (Å²) < 4.78 is 19.4. The van der Waals surface area contributed by atoms with Gasteiger partial charge in [-0.05, 0) is 105 Å². The molecule has 0 bridgehead atoms. The van der Waals surface area contributed by atoms with Crippen LogP contribution in [0.5, 0.6) is 5.75 Å². The molecule has 0 unspecified atom stereocenters. The van der Waals surface area contributed by atoms with Crippen LogP contribution in [0.15, 0.2) is 48.5 Å². The first-order valence-electron chi connectivity index (χ1n) is 13.6. The minimum absolute atomic E-state index is 0.216. The van der Waals surface area contributed by atoms with E-state index in [-0.39, 0.29) is 5.82 Å². The summed E-state index contributed by atoms with van der Waals surface area (Å²) >= 11 is 0. The minimum Gasteiger partial charge on any atom is -0.491 e. The van der Waals surface area contributed by atoms with Gasteiger partial charge in [0.2, 0.25) is 0 Å². The molecule has 0 heterocycles. The Morgan fingerprint density at radius 2 is 1.48 bits per heavy atom. The predicted molar refractivity (Wildman–Crippen MR) is 136 cm³/mol. The zero-order valence-electron chi connectivity index (χ0n) is 20.8. The van der Waals surface area contributed by atoms with Crippen molar-refractivity contribution >= 4 is 0 Å². The molecular formula is C31H43FO. The van der Waals surface area contributed by atoms with E-state index in [0.717, 1.165) is 35.7 Å². The fraction of sp³-hybridized carbons (Fsp3) is 0.613. The van der Waals surface area contributed by atoms with Crippen LogP contribution in [0.3, 0.4) is 0 Å². The van der Waals surface area contributed by atoms with E-state index in [4.69, 9.17) is 4.74 Å². The summed E-state index contributed by atoms with van der Waals surface area (Å²) in [5.74, 6) is 4.51. The van der Waals surface area contributed by atoms with Gasteiger partial charge in [-0.3, -0.25) is 0 Å². The molecule has 2 fully saturated rings. The van der Waals surface area contributed by atoms with E-state index in [1.54, 1.807) is 12.1 Å². The molecule has 2 aromatic carbocycles. The molecule has 4 rings (SSSR count). The molecule has 0 spiro atoms. The average Bonchev–Trinajstić information content (AvgIpc) is 2.86. The Labute approximate surface area is 201 Å². The Balaban J connectivity index is 1.15. The van der Waals surface area contributed by atoms with Crippen LogP contribution in [0.4, 0.5) is 4.39 Å². The van der Waals surface area contributed by atoms with Crippen molar-refractivity contribution in [3.8, 4) is 5.75 Å². The first-order chi connectivity index (χ1) is 16.1. The quantitative estimate of drug-likeness (QED) is 0.370. The predicted octanol–water partition coefficient (Wildman–Crippen LogP) is 8.96. The highest BCUT2D eigenvalue weighted by Gasteiger charge is 2.31. The summed E-state index contributed by atoms with van der Waals surface area (Å²) in [4.78, 5) is 0. The molecule has 2 aromatic rings. The number of ether oxygens (including phenoxy) is 1. The van der Waals surface area contributed by atoms with Gasteiger partial charge in [0, 0.05) is 0 Å². The summed E-state index contributed by atoms with van der Waals surface area (Å²) in [5, 5.41) is 0. The second-order valence-corrected chi connectivity index (χ2v) is 10.8. The van der Waals surface area contributed by atoms with E-state index in [2.05, 4.69) is 37.3 Å². The third kappa shape index (κ3) is 6.84. The van der Waals surface area contributed by atoms with E-state index in [1.165, 1.54) is 69.8 Å². The summed E-state index contributed by atoms with van der Waals surface area (Å²) in [7, 11) is 0. The number of hydrogen-bond acceptors (Lipinski definition) is 1. The Bertz CT molecular complexity index is 831. The van der Waals surface area contributed by atoms with E-state index < -0.39 is 0 Å². The highest BCUT2D eigenvalue weighted by Crippen LogP contribution is 2.44. The van der Waals surface area contributed by atoms with Gasteiger partial charge in [-0.15, -0.1) is 0 Å². The van der Waals surface area contributed by atoms with E-state index in [1.807, 2.05) is 13.0 Å². The number of rotatable bonds is 9. The van der Waals surface area contributed by atoms with Crippen LogP contribution < -0.4 is 4.74 Å². The number of benzene rings is 2. The second-order valence-electron chi connectivity index (χ2n) is 10.8. The minimum atomic E-state index is -0.216.